The summed E-state index contributed by atoms with van der Waals surface area (Å²) < 4.78 is 1.32. The zero-order valence-corrected chi connectivity index (χ0v) is 9.12. The van der Waals surface area contributed by atoms with Crippen LogP contribution in [0.5, 0.6) is 0 Å². The molecule has 1 saturated heterocycles. The van der Waals surface area contributed by atoms with E-state index in [1.807, 2.05) is 0 Å². The van der Waals surface area contributed by atoms with Crippen LogP contribution in [0, 0.1) is 3.57 Å². The Hall–Kier alpha value is -0.250. The van der Waals surface area contributed by atoms with Gasteiger partial charge in [-0.1, -0.05) is 0 Å². The van der Waals surface area contributed by atoms with Crippen LogP contribution >= 0.6 is 22.6 Å². The van der Waals surface area contributed by atoms with E-state index in [1.165, 1.54) is 35.2 Å². The molecule has 2 heteroatoms. The second-order valence-electron chi connectivity index (χ2n) is 3.17. The Bertz CT molecular complexity index is 249. The van der Waals surface area contributed by atoms with E-state index in [9.17, 15) is 0 Å². The van der Waals surface area contributed by atoms with Gasteiger partial charge < -0.3 is 4.90 Å². The van der Waals surface area contributed by atoms with Crippen LogP contribution in [0.3, 0.4) is 0 Å². The van der Waals surface area contributed by atoms with Crippen LogP contribution in [0.25, 0.3) is 0 Å². The first-order chi connectivity index (χ1) is 5.86. The third-order valence-corrected chi connectivity index (χ3v) is 3.02. The Kier molecular flexibility index (Phi) is 2.54. The van der Waals surface area contributed by atoms with Gasteiger partial charge in [0.15, 0.2) is 0 Å². The van der Waals surface area contributed by atoms with Gasteiger partial charge in [-0.15, -0.1) is 0 Å². The van der Waals surface area contributed by atoms with E-state index in [-0.39, 0.29) is 0 Å². The number of halogens is 1. The van der Waals surface area contributed by atoms with Crippen LogP contribution < -0.4 is 4.90 Å². The van der Waals surface area contributed by atoms with Crippen molar-refractivity contribution in [1.82, 2.24) is 0 Å². The molecule has 0 saturated carbocycles. The van der Waals surface area contributed by atoms with Crippen LogP contribution in [0.15, 0.2) is 24.3 Å². The first kappa shape index (κ1) is 8.35. The normalized spacial score (nSPS) is 16.9. The van der Waals surface area contributed by atoms with Crippen molar-refractivity contribution in [3.63, 3.8) is 0 Å². The summed E-state index contributed by atoms with van der Waals surface area (Å²) in [5.41, 5.74) is 1.38. The van der Waals surface area contributed by atoms with E-state index in [1.54, 1.807) is 0 Å². The van der Waals surface area contributed by atoms with E-state index < -0.39 is 0 Å². The molecule has 12 heavy (non-hydrogen) atoms. The summed E-state index contributed by atoms with van der Waals surface area (Å²) in [5.74, 6) is 0. The fraction of sp³-hybridized carbons (Fsp3) is 0.400. The number of anilines is 1. The average molecular weight is 273 g/mol. The van der Waals surface area contributed by atoms with Crippen LogP contribution in [-0.4, -0.2) is 13.1 Å². The summed E-state index contributed by atoms with van der Waals surface area (Å²) in [5, 5.41) is 0. The molecule has 0 atom stereocenters. The third kappa shape index (κ3) is 1.73. The molecule has 0 amide bonds. The second kappa shape index (κ2) is 3.64. The predicted molar refractivity (Wildman–Crippen MR) is 60.6 cm³/mol. The van der Waals surface area contributed by atoms with Crippen molar-refractivity contribution in [3.8, 4) is 0 Å². The van der Waals surface area contributed by atoms with Crippen molar-refractivity contribution in [3.05, 3.63) is 27.8 Å². The smallest absolute Gasteiger partial charge is 0.0366 e. The summed E-state index contributed by atoms with van der Waals surface area (Å²) in [6, 6.07) is 8.78. The minimum atomic E-state index is 1.24. The Morgan fingerprint density at radius 1 is 1.00 bits per heavy atom. The highest BCUT2D eigenvalue weighted by atomic mass is 127. The average Bonchev–Trinajstić information content (AvgIpc) is 2.58. The maximum atomic E-state index is 2.45. The minimum absolute atomic E-state index is 1.24. The Labute approximate surface area is 86.9 Å². The highest BCUT2D eigenvalue weighted by molar-refractivity contribution is 14.1. The fourth-order valence-electron chi connectivity index (χ4n) is 1.63. The van der Waals surface area contributed by atoms with Gasteiger partial charge in [0.2, 0.25) is 0 Å². The molecule has 2 rings (SSSR count). The largest absolute Gasteiger partial charge is 0.372 e. The van der Waals surface area contributed by atoms with Gasteiger partial charge >= 0.3 is 0 Å². The molecule has 1 aromatic carbocycles. The maximum Gasteiger partial charge on any atom is 0.0366 e. The maximum absolute atomic E-state index is 2.45. The lowest BCUT2D eigenvalue weighted by Gasteiger charge is -2.16. The number of hydrogen-bond donors (Lipinski definition) is 0. The van der Waals surface area contributed by atoms with Gasteiger partial charge in [0.05, 0.1) is 0 Å². The molecule has 0 N–H and O–H groups in total. The summed E-state index contributed by atoms with van der Waals surface area (Å²) >= 11 is 2.34. The predicted octanol–water partition coefficient (Wildman–Crippen LogP) is 2.89. The molecule has 1 heterocycles. The number of rotatable bonds is 1. The van der Waals surface area contributed by atoms with Crippen molar-refractivity contribution in [2.45, 2.75) is 12.8 Å². The lowest BCUT2D eigenvalue weighted by molar-refractivity contribution is 0.949. The Morgan fingerprint density at radius 2 is 1.58 bits per heavy atom. The molecule has 1 aliphatic rings. The van der Waals surface area contributed by atoms with Crippen molar-refractivity contribution in [2.75, 3.05) is 18.0 Å². The van der Waals surface area contributed by atoms with Crippen LogP contribution in [0.4, 0.5) is 5.69 Å². The molecular weight excluding hydrogens is 261 g/mol. The van der Waals surface area contributed by atoms with Crippen molar-refractivity contribution < 1.29 is 0 Å². The topological polar surface area (TPSA) is 3.24 Å². The van der Waals surface area contributed by atoms with Gasteiger partial charge in [-0.25, -0.2) is 0 Å². The Balaban J connectivity index is 2.17. The summed E-state index contributed by atoms with van der Waals surface area (Å²) in [4.78, 5) is 2.45. The SMILES string of the molecule is Ic1ccc(N2CCCC2)cc1. The standard InChI is InChI=1S/C10H12IN/c11-9-3-5-10(6-4-9)12-7-1-2-8-12/h3-6H,1-2,7-8H2. The summed E-state index contributed by atoms with van der Waals surface area (Å²) in [7, 11) is 0. The lowest BCUT2D eigenvalue weighted by atomic mass is 10.3. The van der Waals surface area contributed by atoms with Gasteiger partial charge in [-0.2, -0.15) is 0 Å². The third-order valence-electron chi connectivity index (χ3n) is 2.30. The first-order valence-electron chi connectivity index (χ1n) is 4.37. The van der Waals surface area contributed by atoms with Crippen molar-refractivity contribution in [2.24, 2.45) is 0 Å². The van der Waals surface area contributed by atoms with Crippen LogP contribution in [0.2, 0.25) is 0 Å². The van der Waals surface area contributed by atoms with E-state index in [0.29, 0.717) is 0 Å². The Morgan fingerprint density at radius 3 is 2.17 bits per heavy atom. The van der Waals surface area contributed by atoms with Gasteiger partial charge in [0.1, 0.15) is 0 Å². The van der Waals surface area contributed by atoms with Gasteiger partial charge in [0, 0.05) is 22.3 Å². The molecule has 1 aromatic rings. The minimum Gasteiger partial charge on any atom is -0.372 e. The van der Waals surface area contributed by atoms with Gasteiger partial charge in [-0.3, -0.25) is 0 Å². The van der Waals surface area contributed by atoms with Crippen molar-refractivity contribution >= 4 is 28.3 Å². The molecule has 1 fully saturated rings. The van der Waals surface area contributed by atoms with E-state index in [4.69, 9.17) is 0 Å². The van der Waals surface area contributed by atoms with E-state index in [0.717, 1.165) is 0 Å². The van der Waals surface area contributed by atoms with Crippen LogP contribution in [-0.2, 0) is 0 Å². The molecule has 0 aromatic heterocycles. The highest BCUT2D eigenvalue weighted by Crippen LogP contribution is 2.20. The molecule has 1 nitrogen and oxygen atoms in total. The second-order valence-corrected chi connectivity index (χ2v) is 4.42. The molecule has 1 aliphatic heterocycles. The lowest BCUT2D eigenvalue weighted by Crippen LogP contribution is -2.17. The van der Waals surface area contributed by atoms with E-state index >= 15 is 0 Å². The molecular formula is C10H12IN. The molecule has 0 radical (unpaired) electrons. The van der Waals surface area contributed by atoms with Crippen molar-refractivity contribution in [1.29, 1.82) is 0 Å². The monoisotopic (exact) mass is 273 g/mol. The summed E-state index contributed by atoms with van der Waals surface area (Å²) in [6.07, 6.45) is 2.71. The molecule has 0 bridgehead atoms. The number of hydrogen-bond acceptors (Lipinski definition) is 1. The van der Waals surface area contributed by atoms with Gasteiger partial charge in [0.25, 0.3) is 0 Å². The highest BCUT2D eigenvalue weighted by Gasteiger charge is 2.11. The number of benzene rings is 1. The first-order valence-corrected chi connectivity index (χ1v) is 5.45. The molecule has 0 aliphatic carbocycles. The van der Waals surface area contributed by atoms with E-state index in [2.05, 4.69) is 51.8 Å². The van der Waals surface area contributed by atoms with Gasteiger partial charge in [-0.05, 0) is 59.7 Å². The zero-order valence-electron chi connectivity index (χ0n) is 6.96. The quantitative estimate of drug-likeness (QED) is 0.711. The number of nitrogens with zero attached hydrogens (tertiary/aromatic N) is 1. The zero-order chi connectivity index (χ0) is 8.39. The molecule has 0 unspecified atom stereocenters. The van der Waals surface area contributed by atoms with Crippen LogP contribution in [0.1, 0.15) is 12.8 Å². The fourth-order valence-corrected chi connectivity index (χ4v) is 1.99. The summed E-state index contributed by atoms with van der Waals surface area (Å²) in [6.45, 7) is 2.47. The molecule has 64 valence electrons. The molecule has 0 spiro atoms.